The number of alkyl halides is 1. The van der Waals surface area contributed by atoms with Gasteiger partial charge in [-0.05, 0) is 25.0 Å². The summed E-state index contributed by atoms with van der Waals surface area (Å²) in [5, 5.41) is 3.10. The first-order valence-corrected chi connectivity index (χ1v) is 7.84. The van der Waals surface area contributed by atoms with Crippen molar-refractivity contribution in [2.45, 2.75) is 17.7 Å². The summed E-state index contributed by atoms with van der Waals surface area (Å²) < 4.78 is 23.1. The van der Waals surface area contributed by atoms with Crippen molar-refractivity contribution in [1.82, 2.24) is 4.98 Å². The average molecular weight is 275 g/mol. The van der Waals surface area contributed by atoms with E-state index in [0.29, 0.717) is 18.2 Å². The molecule has 0 unspecified atom stereocenters. The number of aromatic nitrogens is 1. The second-order valence-corrected chi connectivity index (χ2v) is 6.86. The third-order valence-electron chi connectivity index (χ3n) is 3.04. The predicted molar refractivity (Wildman–Crippen MR) is 68.2 cm³/mol. The van der Waals surface area contributed by atoms with E-state index in [1.54, 1.807) is 18.3 Å². The van der Waals surface area contributed by atoms with Gasteiger partial charge in [-0.3, -0.25) is 0 Å². The molecule has 1 heterocycles. The molecule has 1 N–H and O–H groups in total. The highest BCUT2D eigenvalue weighted by Gasteiger charge is 2.41. The van der Waals surface area contributed by atoms with Crippen LogP contribution in [0.4, 0.5) is 5.82 Å². The zero-order chi connectivity index (χ0) is 12.5. The number of nitrogens with one attached hydrogen (secondary N) is 1. The monoisotopic (exact) mass is 274 g/mol. The first-order valence-electron chi connectivity index (χ1n) is 5.42. The van der Waals surface area contributed by atoms with Gasteiger partial charge >= 0.3 is 0 Å². The van der Waals surface area contributed by atoms with Crippen molar-refractivity contribution >= 4 is 27.3 Å². The molecule has 0 saturated heterocycles. The molecule has 1 saturated carbocycles. The highest BCUT2D eigenvalue weighted by Crippen LogP contribution is 2.46. The number of halogens is 1. The Bertz CT molecular complexity index is 512. The Morgan fingerprint density at radius 1 is 1.53 bits per heavy atom. The standard InChI is InChI=1S/C11H15ClN2O2S/c1-17(15,16)9-3-2-6-13-10(9)14-8-11(7-12)4-5-11/h2-3,6H,4-5,7-8H2,1H3,(H,13,14). The number of hydrogen-bond donors (Lipinski definition) is 1. The predicted octanol–water partition coefficient (Wildman–Crippen LogP) is 1.92. The fraction of sp³-hybridized carbons (Fsp3) is 0.545. The minimum atomic E-state index is -3.25. The van der Waals surface area contributed by atoms with Crippen LogP contribution in [0.15, 0.2) is 23.2 Å². The number of hydrogen-bond acceptors (Lipinski definition) is 4. The van der Waals surface area contributed by atoms with Crippen LogP contribution in [0, 0.1) is 5.41 Å². The normalized spacial score (nSPS) is 17.8. The highest BCUT2D eigenvalue weighted by molar-refractivity contribution is 7.90. The number of nitrogens with zero attached hydrogens (tertiary/aromatic N) is 1. The van der Waals surface area contributed by atoms with Gasteiger partial charge in [0.2, 0.25) is 0 Å². The zero-order valence-corrected chi connectivity index (χ0v) is 11.2. The minimum absolute atomic E-state index is 0.133. The smallest absolute Gasteiger partial charge is 0.179 e. The van der Waals surface area contributed by atoms with Crippen molar-refractivity contribution in [3.8, 4) is 0 Å². The molecular formula is C11H15ClN2O2S. The van der Waals surface area contributed by atoms with Crippen molar-refractivity contribution in [2.75, 3.05) is 24.0 Å². The van der Waals surface area contributed by atoms with Crippen LogP contribution in [-0.4, -0.2) is 32.1 Å². The fourth-order valence-electron chi connectivity index (χ4n) is 1.63. The largest absolute Gasteiger partial charge is 0.368 e. The molecule has 6 heteroatoms. The van der Waals surface area contributed by atoms with E-state index in [2.05, 4.69) is 10.3 Å². The van der Waals surface area contributed by atoms with Gasteiger partial charge in [0, 0.05) is 30.3 Å². The number of rotatable bonds is 5. The molecular weight excluding hydrogens is 260 g/mol. The molecule has 0 aromatic carbocycles. The maximum absolute atomic E-state index is 11.6. The minimum Gasteiger partial charge on any atom is -0.368 e. The lowest BCUT2D eigenvalue weighted by molar-refractivity contribution is 0.599. The zero-order valence-electron chi connectivity index (χ0n) is 9.61. The van der Waals surface area contributed by atoms with Crippen molar-refractivity contribution in [2.24, 2.45) is 5.41 Å². The second-order valence-electron chi connectivity index (χ2n) is 4.61. The molecule has 0 amide bonds. The molecule has 1 aliphatic carbocycles. The van der Waals surface area contributed by atoms with Gasteiger partial charge in [0.25, 0.3) is 0 Å². The Hall–Kier alpha value is -0.810. The van der Waals surface area contributed by atoms with Gasteiger partial charge < -0.3 is 5.32 Å². The Morgan fingerprint density at radius 2 is 2.24 bits per heavy atom. The average Bonchev–Trinajstić information content (AvgIpc) is 3.06. The molecule has 1 aliphatic rings. The van der Waals surface area contributed by atoms with Crippen molar-refractivity contribution in [3.63, 3.8) is 0 Å². The Morgan fingerprint density at radius 3 is 2.76 bits per heavy atom. The van der Waals surface area contributed by atoms with Crippen molar-refractivity contribution < 1.29 is 8.42 Å². The molecule has 2 rings (SSSR count). The molecule has 0 spiro atoms. The number of anilines is 1. The van der Waals surface area contributed by atoms with Gasteiger partial charge in [-0.15, -0.1) is 11.6 Å². The summed E-state index contributed by atoms with van der Waals surface area (Å²) in [6.07, 6.45) is 4.94. The first-order chi connectivity index (χ1) is 7.97. The van der Waals surface area contributed by atoms with E-state index in [1.165, 1.54) is 6.26 Å². The maximum Gasteiger partial charge on any atom is 0.179 e. The van der Waals surface area contributed by atoms with Crippen molar-refractivity contribution in [3.05, 3.63) is 18.3 Å². The van der Waals surface area contributed by atoms with E-state index in [-0.39, 0.29) is 10.3 Å². The van der Waals surface area contributed by atoms with Gasteiger partial charge in [0.1, 0.15) is 10.7 Å². The summed E-state index contributed by atoms with van der Waals surface area (Å²) in [7, 11) is -3.25. The van der Waals surface area contributed by atoms with Gasteiger partial charge in [-0.2, -0.15) is 0 Å². The third kappa shape index (κ3) is 2.90. The van der Waals surface area contributed by atoms with Gasteiger partial charge in [-0.1, -0.05) is 0 Å². The molecule has 0 atom stereocenters. The van der Waals surface area contributed by atoms with Crippen LogP contribution in [0.2, 0.25) is 0 Å². The topological polar surface area (TPSA) is 59.1 Å². The summed E-state index contributed by atoms with van der Waals surface area (Å²) in [5.41, 5.74) is 0.133. The van der Waals surface area contributed by atoms with Crippen LogP contribution < -0.4 is 5.32 Å². The Kier molecular flexibility index (Phi) is 3.32. The lowest BCUT2D eigenvalue weighted by Gasteiger charge is -2.14. The molecule has 4 nitrogen and oxygen atoms in total. The lowest BCUT2D eigenvalue weighted by atomic mass is 10.1. The summed E-state index contributed by atoms with van der Waals surface area (Å²) in [4.78, 5) is 4.32. The summed E-state index contributed by atoms with van der Waals surface area (Å²) in [5.74, 6) is 1.02. The fourth-order valence-corrected chi connectivity index (χ4v) is 2.79. The van der Waals surface area contributed by atoms with Gasteiger partial charge in [-0.25, -0.2) is 13.4 Å². The van der Waals surface area contributed by atoms with E-state index < -0.39 is 9.84 Å². The summed E-state index contributed by atoms with van der Waals surface area (Å²) >= 11 is 5.87. The number of pyridine rings is 1. The van der Waals surface area contributed by atoms with Crippen LogP contribution in [-0.2, 0) is 9.84 Å². The SMILES string of the molecule is CS(=O)(=O)c1cccnc1NCC1(CCl)CC1. The van der Waals surface area contributed by atoms with Crippen LogP contribution in [0.1, 0.15) is 12.8 Å². The van der Waals surface area contributed by atoms with Crippen LogP contribution >= 0.6 is 11.6 Å². The van der Waals surface area contributed by atoms with E-state index in [4.69, 9.17) is 11.6 Å². The van der Waals surface area contributed by atoms with E-state index in [0.717, 1.165) is 12.8 Å². The van der Waals surface area contributed by atoms with E-state index in [9.17, 15) is 8.42 Å². The molecule has 0 aliphatic heterocycles. The maximum atomic E-state index is 11.6. The molecule has 0 bridgehead atoms. The highest BCUT2D eigenvalue weighted by atomic mass is 35.5. The molecule has 17 heavy (non-hydrogen) atoms. The lowest BCUT2D eigenvalue weighted by Crippen LogP contribution is -2.19. The Balaban J connectivity index is 2.16. The van der Waals surface area contributed by atoms with Crippen LogP contribution in [0.3, 0.4) is 0 Å². The Labute approximate surface area is 106 Å². The van der Waals surface area contributed by atoms with Crippen LogP contribution in [0.5, 0.6) is 0 Å². The molecule has 1 fully saturated rings. The van der Waals surface area contributed by atoms with Crippen molar-refractivity contribution in [1.29, 1.82) is 0 Å². The van der Waals surface area contributed by atoms with E-state index in [1.807, 2.05) is 0 Å². The quantitative estimate of drug-likeness (QED) is 0.834. The second kappa shape index (κ2) is 4.46. The van der Waals surface area contributed by atoms with Crippen LogP contribution in [0.25, 0.3) is 0 Å². The molecule has 1 aromatic rings. The van der Waals surface area contributed by atoms with Gasteiger partial charge in [0.05, 0.1) is 0 Å². The molecule has 1 aromatic heterocycles. The summed E-state index contributed by atoms with van der Waals surface area (Å²) in [6.45, 7) is 0.677. The summed E-state index contributed by atoms with van der Waals surface area (Å²) in [6, 6.07) is 3.18. The first kappa shape index (κ1) is 12.6. The molecule has 94 valence electrons. The third-order valence-corrected chi connectivity index (χ3v) is 4.74. The van der Waals surface area contributed by atoms with E-state index >= 15 is 0 Å². The number of sulfone groups is 1. The van der Waals surface area contributed by atoms with Gasteiger partial charge in [0.15, 0.2) is 9.84 Å². The molecule has 0 radical (unpaired) electrons.